The monoisotopic (exact) mass is 305 g/mol. The largest absolute Gasteiger partial charge is 0.391 e. The van der Waals surface area contributed by atoms with Crippen LogP contribution >= 0.6 is 0 Å². The van der Waals surface area contributed by atoms with Crippen molar-refractivity contribution in [2.45, 2.75) is 45.1 Å². The lowest BCUT2D eigenvalue weighted by molar-refractivity contribution is -0.114. The molecule has 0 radical (unpaired) electrons. The summed E-state index contributed by atoms with van der Waals surface area (Å²) in [6.45, 7) is 1.58. The predicted molar refractivity (Wildman–Crippen MR) is 83.5 cm³/mol. The number of aromatic nitrogens is 1. The van der Waals surface area contributed by atoms with Crippen molar-refractivity contribution in [3.05, 3.63) is 24.0 Å². The Morgan fingerprint density at radius 2 is 2.09 bits per heavy atom. The minimum atomic E-state index is -0.530. The van der Waals surface area contributed by atoms with E-state index in [1.807, 2.05) is 0 Å². The Morgan fingerprint density at radius 1 is 1.36 bits per heavy atom. The molecule has 1 aromatic rings. The molecule has 0 spiro atoms. The van der Waals surface area contributed by atoms with Crippen molar-refractivity contribution in [3.63, 3.8) is 0 Å². The molecule has 1 fully saturated rings. The minimum absolute atomic E-state index is 0.161. The van der Waals surface area contributed by atoms with E-state index in [1.165, 1.54) is 19.5 Å². The fourth-order valence-corrected chi connectivity index (χ4v) is 2.84. The number of carbonyl (C=O) groups excluding carboxylic acids is 2. The van der Waals surface area contributed by atoms with E-state index >= 15 is 0 Å². The molecule has 6 heteroatoms. The predicted octanol–water partition coefficient (Wildman–Crippen LogP) is 1.71. The van der Waals surface area contributed by atoms with E-state index in [0.29, 0.717) is 5.69 Å². The van der Waals surface area contributed by atoms with Gasteiger partial charge in [-0.3, -0.25) is 9.59 Å². The summed E-state index contributed by atoms with van der Waals surface area (Å²) in [6, 6.07) is 3.28. The Hall–Kier alpha value is -1.95. The molecule has 2 amide bonds. The highest BCUT2D eigenvalue weighted by molar-refractivity contribution is 6.01. The van der Waals surface area contributed by atoms with Crippen LogP contribution in [0.1, 0.15) is 49.5 Å². The fraction of sp³-hybridized carbons (Fsp3) is 0.562. The lowest BCUT2D eigenvalue weighted by atomic mass is 9.85. The van der Waals surface area contributed by atoms with Gasteiger partial charge in [-0.25, -0.2) is 4.98 Å². The number of nitrogens with one attached hydrogen (secondary N) is 2. The molecule has 1 atom stereocenters. The average Bonchev–Trinajstić information content (AvgIpc) is 2.53. The summed E-state index contributed by atoms with van der Waals surface area (Å²) in [6.07, 6.45) is 6.50. The van der Waals surface area contributed by atoms with Gasteiger partial charge in [-0.15, -0.1) is 0 Å². The lowest BCUT2D eigenvalue weighted by Gasteiger charge is -2.26. The van der Waals surface area contributed by atoms with Crippen LogP contribution in [0.4, 0.5) is 5.69 Å². The van der Waals surface area contributed by atoms with Crippen molar-refractivity contribution in [2.75, 3.05) is 11.9 Å². The maximum Gasteiger partial charge on any atom is 0.272 e. The van der Waals surface area contributed by atoms with Crippen LogP contribution in [0.3, 0.4) is 0 Å². The maximum atomic E-state index is 12.2. The minimum Gasteiger partial charge on any atom is -0.391 e. The molecule has 0 aromatic carbocycles. The van der Waals surface area contributed by atoms with E-state index in [9.17, 15) is 14.7 Å². The smallest absolute Gasteiger partial charge is 0.272 e. The van der Waals surface area contributed by atoms with E-state index in [-0.39, 0.29) is 30.0 Å². The van der Waals surface area contributed by atoms with Crippen molar-refractivity contribution in [3.8, 4) is 0 Å². The van der Waals surface area contributed by atoms with Crippen LogP contribution in [0.15, 0.2) is 18.3 Å². The van der Waals surface area contributed by atoms with Crippen LogP contribution in [-0.4, -0.2) is 34.6 Å². The summed E-state index contributed by atoms with van der Waals surface area (Å²) in [5.41, 5.74) is 0.535. The quantitative estimate of drug-likeness (QED) is 0.772. The van der Waals surface area contributed by atoms with Gasteiger partial charge >= 0.3 is 0 Å². The van der Waals surface area contributed by atoms with Crippen molar-refractivity contribution in [1.82, 2.24) is 10.3 Å². The molecule has 6 nitrogen and oxygen atoms in total. The molecule has 2 rings (SSSR count). The Labute approximate surface area is 130 Å². The first-order valence-electron chi connectivity index (χ1n) is 7.77. The molecule has 1 saturated carbocycles. The van der Waals surface area contributed by atoms with Gasteiger partial charge in [-0.1, -0.05) is 19.3 Å². The van der Waals surface area contributed by atoms with E-state index in [4.69, 9.17) is 0 Å². The molecule has 1 aliphatic carbocycles. The second-order valence-corrected chi connectivity index (χ2v) is 5.76. The second-order valence-electron chi connectivity index (χ2n) is 5.76. The third kappa shape index (κ3) is 4.53. The molecule has 120 valence electrons. The van der Waals surface area contributed by atoms with Crippen molar-refractivity contribution in [1.29, 1.82) is 0 Å². The van der Waals surface area contributed by atoms with Crippen molar-refractivity contribution >= 4 is 17.5 Å². The molecule has 0 bridgehead atoms. The number of carbonyl (C=O) groups is 2. The Morgan fingerprint density at radius 3 is 2.77 bits per heavy atom. The van der Waals surface area contributed by atoms with Crippen molar-refractivity contribution < 1.29 is 14.7 Å². The summed E-state index contributed by atoms with van der Waals surface area (Å²) in [4.78, 5) is 27.4. The van der Waals surface area contributed by atoms with E-state index < -0.39 is 6.10 Å². The summed E-state index contributed by atoms with van der Waals surface area (Å²) >= 11 is 0. The maximum absolute atomic E-state index is 12.2. The van der Waals surface area contributed by atoms with Gasteiger partial charge in [0.25, 0.3) is 5.91 Å². The molecule has 1 aromatic heterocycles. The molecular weight excluding hydrogens is 282 g/mol. The van der Waals surface area contributed by atoms with Gasteiger partial charge in [-0.2, -0.15) is 0 Å². The lowest BCUT2D eigenvalue weighted by Crippen LogP contribution is -2.37. The summed E-state index contributed by atoms with van der Waals surface area (Å²) < 4.78 is 0. The van der Waals surface area contributed by atoms with Crippen LogP contribution in [0.25, 0.3) is 0 Å². The average molecular weight is 305 g/mol. The first kappa shape index (κ1) is 16.4. The molecule has 3 N–H and O–H groups in total. The van der Waals surface area contributed by atoms with E-state index in [2.05, 4.69) is 15.6 Å². The van der Waals surface area contributed by atoms with E-state index in [0.717, 1.165) is 25.7 Å². The normalized spacial score (nSPS) is 16.8. The van der Waals surface area contributed by atoms with Gasteiger partial charge in [-0.05, 0) is 30.9 Å². The number of pyridine rings is 1. The number of aliphatic hydroxyl groups excluding tert-OH is 1. The molecular formula is C16H23N3O3. The van der Waals surface area contributed by atoms with Gasteiger partial charge < -0.3 is 15.7 Å². The summed E-state index contributed by atoms with van der Waals surface area (Å²) in [7, 11) is 0. The van der Waals surface area contributed by atoms with Crippen LogP contribution in [-0.2, 0) is 4.79 Å². The Balaban J connectivity index is 1.93. The number of amides is 2. The zero-order valence-electron chi connectivity index (χ0n) is 12.8. The standard InChI is InChI=1S/C16H23N3O3/c1-11(20)19-13-8-5-9-17-15(13)16(22)18-10-14(21)12-6-3-2-4-7-12/h5,8-9,12,14,21H,2-4,6-7,10H2,1H3,(H,18,22)(H,19,20)/t14-/m0/s1. The number of nitrogens with zero attached hydrogens (tertiary/aromatic N) is 1. The van der Waals surface area contributed by atoms with Crippen LogP contribution < -0.4 is 10.6 Å². The number of aliphatic hydroxyl groups is 1. The highest BCUT2D eigenvalue weighted by Crippen LogP contribution is 2.26. The topological polar surface area (TPSA) is 91.3 Å². The number of hydrogen-bond acceptors (Lipinski definition) is 4. The summed E-state index contributed by atoms with van der Waals surface area (Å²) in [5.74, 6) is -0.393. The summed E-state index contributed by atoms with van der Waals surface area (Å²) in [5, 5.41) is 15.5. The van der Waals surface area contributed by atoms with Crippen LogP contribution in [0.5, 0.6) is 0 Å². The number of hydrogen-bond donors (Lipinski definition) is 3. The first-order valence-corrected chi connectivity index (χ1v) is 7.77. The number of rotatable bonds is 5. The van der Waals surface area contributed by atoms with Crippen LogP contribution in [0, 0.1) is 5.92 Å². The molecule has 0 aliphatic heterocycles. The highest BCUT2D eigenvalue weighted by atomic mass is 16.3. The third-order valence-corrected chi connectivity index (χ3v) is 4.00. The van der Waals surface area contributed by atoms with Gasteiger partial charge in [0.15, 0.2) is 5.69 Å². The SMILES string of the molecule is CC(=O)Nc1cccnc1C(=O)NC[C@H](O)C1CCCCC1. The number of anilines is 1. The second kappa shape index (κ2) is 7.89. The zero-order valence-corrected chi connectivity index (χ0v) is 12.8. The Kier molecular flexibility index (Phi) is 5.89. The molecule has 0 unspecified atom stereocenters. The van der Waals surface area contributed by atoms with Crippen molar-refractivity contribution in [2.24, 2.45) is 5.92 Å². The highest BCUT2D eigenvalue weighted by Gasteiger charge is 2.23. The van der Waals surface area contributed by atoms with Gasteiger partial charge in [0.05, 0.1) is 11.8 Å². The molecule has 1 aliphatic rings. The van der Waals surface area contributed by atoms with E-state index in [1.54, 1.807) is 12.1 Å². The molecule has 22 heavy (non-hydrogen) atoms. The van der Waals surface area contributed by atoms with Gasteiger partial charge in [0.1, 0.15) is 0 Å². The Bertz CT molecular complexity index is 527. The first-order chi connectivity index (χ1) is 10.6. The van der Waals surface area contributed by atoms with Gasteiger partial charge in [0.2, 0.25) is 5.91 Å². The fourth-order valence-electron chi connectivity index (χ4n) is 2.84. The van der Waals surface area contributed by atoms with Crippen LogP contribution in [0.2, 0.25) is 0 Å². The third-order valence-electron chi connectivity index (χ3n) is 4.00. The molecule has 0 saturated heterocycles. The molecule has 1 heterocycles. The zero-order chi connectivity index (χ0) is 15.9. The van der Waals surface area contributed by atoms with Gasteiger partial charge in [0, 0.05) is 19.7 Å².